The van der Waals surface area contributed by atoms with Gasteiger partial charge in [-0.2, -0.15) is 0 Å². The molecule has 0 aliphatic carbocycles. The van der Waals surface area contributed by atoms with Gasteiger partial charge in [-0.25, -0.2) is 4.79 Å². The number of ether oxygens (including phenoxy) is 1. The third-order valence-electron chi connectivity index (χ3n) is 2.98. The Kier molecular flexibility index (Phi) is 5.61. The molecule has 0 amide bonds. The summed E-state index contributed by atoms with van der Waals surface area (Å²) in [5.41, 5.74) is 2.77. The lowest BCUT2D eigenvalue weighted by molar-refractivity contribution is -0.132. The van der Waals surface area contributed by atoms with Crippen LogP contribution in [0.15, 0.2) is 29.8 Å². The van der Waals surface area contributed by atoms with Gasteiger partial charge in [0.05, 0.1) is 0 Å². The standard InChI is InChI=1S/C16H22O3/c1-5-13(16(17)18)6-7-19-15-9-12(4)8-14(10-15)11(2)3/h6,8-11H,5,7H2,1-4H3,(H,17,18). The van der Waals surface area contributed by atoms with Gasteiger partial charge in [0.25, 0.3) is 0 Å². The van der Waals surface area contributed by atoms with Crippen LogP contribution < -0.4 is 4.74 Å². The molecule has 0 atom stereocenters. The summed E-state index contributed by atoms with van der Waals surface area (Å²) in [6, 6.07) is 6.12. The third-order valence-corrected chi connectivity index (χ3v) is 2.98. The van der Waals surface area contributed by atoms with Gasteiger partial charge in [0, 0.05) is 5.57 Å². The van der Waals surface area contributed by atoms with Crippen molar-refractivity contribution in [1.29, 1.82) is 0 Å². The molecule has 1 aromatic carbocycles. The van der Waals surface area contributed by atoms with E-state index >= 15 is 0 Å². The second-order valence-corrected chi connectivity index (χ2v) is 4.93. The summed E-state index contributed by atoms with van der Waals surface area (Å²) in [5.74, 6) is 0.363. The predicted octanol–water partition coefficient (Wildman–Crippen LogP) is 3.92. The summed E-state index contributed by atoms with van der Waals surface area (Å²) >= 11 is 0. The van der Waals surface area contributed by atoms with E-state index in [1.807, 2.05) is 26.0 Å². The van der Waals surface area contributed by atoms with Crippen LogP contribution in [0.25, 0.3) is 0 Å². The fraction of sp³-hybridized carbons (Fsp3) is 0.438. The summed E-state index contributed by atoms with van der Waals surface area (Å²) < 4.78 is 5.62. The van der Waals surface area contributed by atoms with E-state index in [-0.39, 0.29) is 6.61 Å². The Balaban J connectivity index is 2.75. The van der Waals surface area contributed by atoms with E-state index < -0.39 is 5.97 Å². The number of carboxylic acids is 1. The molecule has 1 aromatic rings. The first-order chi connectivity index (χ1) is 8.93. The monoisotopic (exact) mass is 262 g/mol. The lowest BCUT2D eigenvalue weighted by Gasteiger charge is -2.11. The maximum atomic E-state index is 10.8. The van der Waals surface area contributed by atoms with Gasteiger partial charge in [0.2, 0.25) is 0 Å². The van der Waals surface area contributed by atoms with E-state index in [9.17, 15) is 4.79 Å². The van der Waals surface area contributed by atoms with Crippen molar-refractivity contribution in [2.45, 2.75) is 40.0 Å². The second-order valence-electron chi connectivity index (χ2n) is 4.93. The molecular formula is C16H22O3. The minimum absolute atomic E-state index is 0.288. The molecule has 19 heavy (non-hydrogen) atoms. The smallest absolute Gasteiger partial charge is 0.331 e. The molecule has 0 bridgehead atoms. The van der Waals surface area contributed by atoms with Gasteiger partial charge in [-0.15, -0.1) is 0 Å². The van der Waals surface area contributed by atoms with Crippen molar-refractivity contribution in [2.24, 2.45) is 0 Å². The van der Waals surface area contributed by atoms with Gasteiger partial charge in [-0.3, -0.25) is 0 Å². The van der Waals surface area contributed by atoms with Crippen LogP contribution in [-0.4, -0.2) is 17.7 Å². The minimum atomic E-state index is -0.877. The Morgan fingerprint density at radius 2 is 2.05 bits per heavy atom. The molecule has 0 fully saturated rings. The Labute approximate surface area is 114 Å². The molecule has 0 heterocycles. The third kappa shape index (κ3) is 4.78. The van der Waals surface area contributed by atoms with E-state index in [1.165, 1.54) is 5.56 Å². The number of aryl methyl sites for hydroxylation is 1. The van der Waals surface area contributed by atoms with E-state index in [2.05, 4.69) is 19.9 Å². The Morgan fingerprint density at radius 3 is 2.58 bits per heavy atom. The predicted molar refractivity (Wildman–Crippen MR) is 76.8 cm³/mol. The van der Waals surface area contributed by atoms with Crippen molar-refractivity contribution >= 4 is 5.97 Å². The van der Waals surface area contributed by atoms with Gasteiger partial charge in [0.15, 0.2) is 0 Å². The fourth-order valence-electron chi connectivity index (χ4n) is 1.81. The average Bonchev–Trinajstić information content (AvgIpc) is 2.33. The molecule has 104 valence electrons. The quantitative estimate of drug-likeness (QED) is 0.790. The van der Waals surface area contributed by atoms with E-state index in [4.69, 9.17) is 9.84 Å². The number of aliphatic carboxylic acids is 1. The molecule has 0 unspecified atom stereocenters. The molecule has 0 spiro atoms. The number of carbonyl (C=O) groups is 1. The van der Waals surface area contributed by atoms with Crippen LogP contribution in [0.4, 0.5) is 0 Å². The zero-order chi connectivity index (χ0) is 14.4. The molecule has 0 aromatic heterocycles. The Morgan fingerprint density at radius 1 is 1.37 bits per heavy atom. The van der Waals surface area contributed by atoms with Crippen LogP contribution in [0, 0.1) is 6.92 Å². The van der Waals surface area contributed by atoms with Gasteiger partial charge in [0.1, 0.15) is 12.4 Å². The van der Waals surface area contributed by atoms with Gasteiger partial charge in [-0.1, -0.05) is 26.8 Å². The number of hydrogen-bond acceptors (Lipinski definition) is 2. The van der Waals surface area contributed by atoms with Crippen molar-refractivity contribution in [2.75, 3.05) is 6.61 Å². The molecule has 3 nitrogen and oxygen atoms in total. The summed E-state index contributed by atoms with van der Waals surface area (Å²) in [6.07, 6.45) is 2.13. The van der Waals surface area contributed by atoms with Crippen molar-refractivity contribution < 1.29 is 14.6 Å². The first kappa shape index (κ1) is 15.3. The fourth-order valence-corrected chi connectivity index (χ4v) is 1.81. The van der Waals surface area contributed by atoms with E-state index in [0.29, 0.717) is 17.9 Å². The van der Waals surface area contributed by atoms with Gasteiger partial charge >= 0.3 is 5.97 Å². The number of hydrogen-bond donors (Lipinski definition) is 1. The molecule has 1 rings (SSSR count). The summed E-state index contributed by atoms with van der Waals surface area (Å²) in [5, 5.41) is 8.91. The highest BCUT2D eigenvalue weighted by molar-refractivity contribution is 5.86. The summed E-state index contributed by atoms with van der Waals surface area (Å²) in [4.78, 5) is 10.8. The maximum absolute atomic E-state index is 10.8. The normalized spacial score (nSPS) is 11.7. The highest BCUT2D eigenvalue weighted by atomic mass is 16.5. The SMILES string of the molecule is CCC(=CCOc1cc(C)cc(C(C)C)c1)C(=O)O. The van der Waals surface area contributed by atoms with Crippen molar-refractivity contribution in [3.63, 3.8) is 0 Å². The van der Waals surface area contributed by atoms with Gasteiger partial charge < -0.3 is 9.84 Å². The van der Waals surface area contributed by atoms with E-state index in [0.717, 1.165) is 11.3 Å². The van der Waals surface area contributed by atoms with Crippen LogP contribution >= 0.6 is 0 Å². The van der Waals surface area contributed by atoms with Crippen LogP contribution in [-0.2, 0) is 4.79 Å². The molecule has 0 saturated heterocycles. The zero-order valence-electron chi connectivity index (χ0n) is 12.1. The van der Waals surface area contributed by atoms with Crippen LogP contribution in [0.5, 0.6) is 5.75 Å². The molecule has 0 radical (unpaired) electrons. The number of benzene rings is 1. The minimum Gasteiger partial charge on any atom is -0.489 e. The lowest BCUT2D eigenvalue weighted by Crippen LogP contribution is -2.03. The lowest BCUT2D eigenvalue weighted by atomic mass is 10.0. The molecule has 0 aliphatic heterocycles. The molecule has 3 heteroatoms. The highest BCUT2D eigenvalue weighted by Gasteiger charge is 2.05. The second kappa shape index (κ2) is 6.98. The van der Waals surface area contributed by atoms with Gasteiger partial charge in [-0.05, 0) is 48.6 Å². The van der Waals surface area contributed by atoms with Crippen molar-refractivity contribution in [1.82, 2.24) is 0 Å². The first-order valence-electron chi connectivity index (χ1n) is 6.60. The Hall–Kier alpha value is -1.77. The molecule has 0 saturated carbocycles. The Bertz CT molecular complexity index is 473. The highest BCUT2D eigenvalue weighted by Crippen LogP contribution is 2.22. The van der Waals surface area contributed by atoms with E-state index in [1.54, 1.807) is 6.08 Å². The summed E-state index contributed by atoms with van der Waals surface area (Å²) in [7, 11) is 0. The first-order valence-corrected chi connectivity index (χ1v) is 6.60. The van der Waals surface area contributed by atoms with Crippen LogP contribution in [0.3, 0.4) is 0 Å². The van der Waals surface area contributed by atoms with Crippen molar-refractivity contribution in [3.8, 4) is 5.75 Å². The van der Waals surface area contributed by atoms with Crippen LogP contribution in [0.1, 0.15) is 44.2 Å². The largest absolute Gasteiger partial charge is 0.489 e. The maximum Gasteiger partial charge on any atom is 0.331 e. The zero-order valence-corrected chi connectivity index (χ0v) is 12.1. The molecule has 1 N–H and O–H groups in total. The topological polar surface area (TPSA) is 46.5 Å². The van der Waals surface area contributed by atoms with Crippen molar-refractivity contribution in [3.05, 3.63) is 41.0 Å². The average molecular weight is 262 g/mol. The number of carboxylic acid groups (broad SMARTS) is 1. The van der Waals surface area contributed by atoms with Crippen LogP contribution in [0.2, 0.25) is 0 Å². The molecular weight excluding hydrogens is 240 g/mol. The number of rotatable bonds is 6. The molecule has 0 aliphatic rings. The summed E-state index contributed by atoms with van der Waals surface area (Å²) in [6.45, 7) is 8.42.